The number of hydrogen-bond acceptors (Lipinski definition) is 10. The summed E-state index contributed by atoms with van der Waals surface area (Å²) >= 11 is 0. The molecule has 1 amide bonds. The third-order valence-electron chi connectivity index (χ3n) is 6.88. The Hall–Kier alpha value is -5.62. The van der Waals surface area contributed by atoms with E-state index in [0.29, 0.717) is 42.3 Å². The summed E-state index contributed by atoms with van der Waals surface area (Å²) < 4.78 is 14.8. The summed E-state index contributed by atoms with van der Waals surface area (Å²) in [5.74, 6) is 0.656. The van der Waals surface area contributed by atoms with Gasteiger partial charge in [-0.3, -0.25) is 9.59 Å². The molecule has 49 heavy (non-hydrogen) atoms. The van der Waals surface area contributed by atoms with Crippen molar-refractivity contribution in [1.29, 1.82) is 0 Å². The summed E-state index contributed by atoms with van der Waals surface area (Å²) in [4.78, 5) is 22.3. The number of hydrogen-bond donors (Lipinski definition) is 7. The average Bonchev–Trinajstić information content (AvgIpc) is 3.06. The second-order valence-electron chi connectivity index (χ2n) is 10.5. The SMILES string of the molecule is C.COc1cc(CC(=O)NCCc2ccc(O)c(C)c2)ccc1O.COc1cc(CC(=O)O)ccc1O.COc1cc(CCN)ccc1O. The van der Waals surface area contributed by atoms with E-state index >= 15 is 0 Å². The second kappa shape index (κ2) is 21.3. The van der Waals surface area contributed by atoms with Gasteiger partial charge < -0.3 is 50.8 Å². The molecule has 0 bridgehead atoms. The summed E-state index contributed by atoms with van der Waals surface area (Å²) in [6.07, 6.45) is 1.66. The summed E-state index contributed by atoms with van der Waals surface area (Å²) in [7, 11) is 4.42. The third-order valence-corrected chi connectivity index (χ3v) is 6.88. The number of methoxy groups -OCH3 is 3. The van der Waals surface area contributed by atoms with Crippen molar-refractivity contribution in [3.8, 4) is 40.2 Å². The zero-order valence-electron chi connectivity index (χ0n) is 27.5. The number of aryl methyl sites for hydroxylation is 1. The van der Waals surface area contributed by atoms with Crippen molar-refractivity contribution in [3.63, 3.8) is 0 Å². The minimum atomic E-state index is -0.909. The van der Waals surface area contributed by atoms with Crippen LogP contribution in [0, 0.1) is 6.92 Å². The molecule has 0 fully saturated rings. The minimum absolute atomic E-state index is 0. The number of carbonyl (C=O) groups excluding carboxylic acids is 1. The Morgan fingerprint density at radius 1 is 0.633 bits per heavy atom. The maximum Gasteiger partial charge on any atom is 0.307 e. The molecule has 0 heterocycles. The van der Waals surface area contributed by atoms with Crippen LogP contribution in [0.25, 0.3) is 0 Å². The summed E-state index contributed by atoms with van der Waals surface area (Å²) in [6, 6.07) is 20.0. The molecule has 12 heteroatoms. The molecule has 4 rings (SSSR count). The Labute approximate surface area is 287 Å². The second-order valence-corrected chi connectivity index (χ2v) is 10.5. The fourth-order valence-electron chi connectivity index (χ4n) is 4.35. The predicted octanol–water partition coefficient (Wildman–Crippen LogP) is 4.88. The van der Waals surface area contributed by atoms with Crippen LogP contribution in [-0.2, 0) is 35.3 Å². The first-order chi connectivity index (χ1) is 22.9. The minimum Gasteiger partial charge on any atom is -0.508 e. The van der Waals surface area contributed by atoms with Gasteiger partial charge in [0.05, 0.1) is 34.2 Å². The Balaban J connectivity index is 0.000000394. The molecule has 4 aromatic carbocycles. The van der Waals surface area contributed by atoms with Gasteiger partial charge in [-0.2, -0.15) is 0 Å². The zero-order valence-corrected chi connectivity index (χ0v) is 27.5. The number of aliphatic carboxylic acids is 1. The van der Waals surface area contributed by atoms with Gasteiger partial charge in [0, 0.05) is 6.54 Å². The van der Waals surface area contributed by atoms with E-state index in [-0.39, 0.29) is 49.2 Å². The topological polar surface area (TPSA) is 201 Å². The van der Waals surface area contributed by atoms with E-state index in [9.17, 15) is 30.0 Å². The first kappa shape index (κ1) is 41.4. The van der Waals surface area contributed by atoms with Gasteiger partial charge in [0.2, 0.25) is 5.91 Å². The number of carboxylic acids is 1. The molecule has 0 aliphatic carbocycles. The molecule has 4 aromatic rings. The molecule has 12 nitrogen and oxygen atoms in total. The van der Waals surface area contributed by atoms with Crippen molar-refractivity contribution in [2.24, 2.45) is 5.73 Å². The maximum atomic E-state index is 12.0. The number of rotatable bonds is 12. The number of carboxylic acid groups (broad SMARTS) is 1. The molecule has 0 saturated heterocycles. The van der Waals surface area contributed by atoms with Gasteiger partial charge in [-0.1, -0.05) is 37.8 Å². The highest BCUT2D eigenvalue weighted by molar-refractivity contribution is 5.78. The van der Waals surface area contributed by atoms with Gasteiger partial charge in [0.1, 0.15) is 5.75 Å². The van der Waals surface area contributed by atoms with Gasteiger partial charge >= 0.3 is 5.97 Å². The predicted molar refractivity (Wildman–Crippen MR) is 188 cm³/mol. The lowest BCUT2D eigenvalue weighted by molar-refractivity contribution is -0.136. The van der Waals surface area contributed by atoms with Crippen LogP contribution in [-0.4, -0.2) is 71.8 Å². The fraction of sp³-hybridized carbons (Fsp3) is 0.297. The normalized spacial score (nSPS) is 9.82. The molecule has 0 aromatic heterocycles. The largest absolute Gasteiger partial charge is 0.508 e. The van der Waals surface area contributed by atoms with Crippen LogP contribution < -0.4 is 25.3 Å². The van der Waals surface area contributed by atoms with E-state index in [1.165, 1.54) is 39.5 Å². The molecular weight excluding hydrogens is 632 g/mol. The molecule has 0 aliphatic rings. The van der Waals surface area contributed by atoms with E-state index in [4.69, 9.17) is 25.1 Å². The van der Waals surface area contributed by atoms with Crippen molar-refractivity contribution < 1.29 is 49.3 Å². The van der Waals surface area contributed by atoms with E-state index < -0.39 is 5.97 Å². The van der Waals surface area contributed by atoms with Crippen LogP contribution in [0.3, 0.4) is 0 Å². The highest BCUT2D eigenvalue weighted by Gasteiger charge is 2.08. The molecule has 266 valence electrons. The van der Waals surface area contributed by atoms with Crippen LogP contribution in [0.5, 0.6) is 40.2 Å². The fourth-order valence-corrected chi connectivity index (χ4v) is 4.35. The lowest BCUT2D eigenvalue weighted by Gasteiger charge is -2.08. The standard InChI is InChI=1S/C18H21NO4.C9H13NO2.C9H10O4.CH4/c1-12-9-13(3-5-15(12)20)7-8-19-18(22)11-14-4-6-16(21)17(10-14)23-2;1-12-9-6-7(4-5-10)2-3-8(9)11;1-13-8-4-6(5-9(11)12)2-3-7(8)10;/h3-6,9-10,20-21H,7-8,11H2,1-2H3,(H,19,22);2-3,6,11H,4-5,10H2,1H3;2-4,10H,5H2,1H3,(H,11,12);1H4. The number of benzene rings is 4. The summed E-state index contributed by atoms with van der Waals surface area (Å²) in [5, 5.41) is 48.8. The van der Waals surface area contributed by atoms with Crippen molar-refractivity contribution in [3.05, 3.63) is 101 Å². The Bertz CT molecular complexity index is 1640. The van der Waals surface area contributed by atoms with E-state index in [2.05, 4.69) is 5.32 Å². The molecule has 0 unspecified atom stereocenters. The van der Waals surface area contributed by atoms with Crippen molar-refractivity contribution in [2.75, 3.05) is 34.4 Å². The van der Waals surface area contributed by atoms with E-state index in [1.54, 1.807) is 36.4 Å². The number of nitrogens with one attached hydrogen (secondary N) is 1. The average molecular weight is 681 g/mol. The molecule has 0 aliphatic heterocycles. The molecule has 8 N–H and O–H groups in total. The first-order valence-electron chi connectivity index (χ1n) is 14.9. The maximum absolute atomic E-state index is 12.0. The number of aromatic hydroxyl groups is 4. The van der Waals surface area contributed by atoms with Gasteiger partial charge in [-0.25, -0.2) is 0 Å². The quantitative estimate of drug-likeness (QED) is 0.108. The third kappa shape index (κ3) is 14.4. The molecule has 0 atom stereocenters. The summed E-state index contributed by atoms with van der Waals surface area (Å²) in [6.45, 7) is 2.97. The number of amides is 1. The van der Waals surface area contributed by atoms with E-state index in [0.717, 1.165) is 28.7 Å². The Morgan fingerprint density at radius 2 is 1.04 bits per heavy atom. The van der Waals surface area contributed by atoms with Crippen LogP contribution in [0.15, 0.2) is 72.8 Å². The molecule has 0 saturated carbocycles. The number of phenolic OH excluding ortho intramolecular Hbond substituents is 4. The van der Waals surface area contributed by atoms with Gasteiger partial charge in [0.15, 0.2) is 34.5 Å². The van der Waals surface area contributed by atoms with Crippen LogP contribution in [0.4, 0.5) is 0 Å². The van der Waals surface area contributed by atoms with Crippen molar-refractivity contribution >= 4 is 11.9 Å². The molecule has 0 radical (unpaired) electrons. The lowest BCUT2D eigenvalue weighted by atomic mass is 10.1. The number of carbonyl (C=O) groups is 2. The van der Waals surface area contributed by atoms with E-state index in [1.807, 2.05) is 25.1 Å². The van der Waals surface area contributed by atoms with Gasteiger partial charge in [0.25, 0.3) is 0 Å². The Morgan fingerprint density at radius 3 is 1.47 bits per heavy atom. The zero-order chi connectivity index (χ0) is 35.6. The Kier molecular flexibility index (Phi) is 18.0. The molecule has 0 spiro atoms. The molecular formula is C37H48N2O10. The summed E-state index contributed by atoms with van der Waals surface area (Å²) in [5.41, 5.74) is 9.72. The number of nitrogens with two attached hydrogens (primary N) is 1. The van der Waals surface area contributed by atoms with Gasteiger partial charge in [-0.15, -0.1) is 0 Å². The van der Waals surface area contributed by atoms with Gasteiger partial charge in [-0.05, 0) is 96.6 Å². The number of phenols is 4. The monoisotopic (exact) mass is 680 g/mol. The van der Waals surface area contributed by atoms with Crippen LogP contribution in [0.1, 0.15) is 35.2 Å². The first-order valence-corrected chi connectivity index (χ1v) is 14.9. The lowest BCUT2D eigenvalue weighted by Crippen LogP contribution is -2.27. The van der Waals surface area contributed by atoms with Crippen LogP contribution >= 0.6 is 0 Å². The smallest absolute Gasteiger partial charge is 0.307 e. The van der Waals surface area contributed by atoms with Crippen molar-refractivity contribution in [1.82, 2.24) is 5.32 Å². The highest BCUT2D eigenvalue weighted by Crippen LogP contribution is 2.28. The van der Waals surface area contributed by atoms with Crippen molar-refractivity contribution in [2.45, 2.75) is 40.0 Å². The van der Waals surface area contributed by atoms with Crippen LogP contribution in [0.2, 0.25) is 0 Å². The highest BCUT2D eigenvalue weighted by atomic mass is 16.5. The number of ether oxygens (including phenoxy) is 3.